The molecule has 0 unspecified atom stereocenters. The van der Waals surface area contributed by atoms with Crippen LogP contribution in [0.2, 0.25) is 0 Å². The second kappa shape index (κ2) is 2.53. The summed E-state index contributed by atoms with van der Waals surface area (Å²) in [5, 5.41) is 0. The van der Waals surface area contributed by atoms with Crippen molar-refractivity contribution in [3.63, 3.8) is 0 Å². The lowest BCUT2D eigenvalue weighted by Gasteiger charge is -2.06. The number of nitrogens with zero attached hydrogens (tertiary/aromatic N) is 1. The second-order valence-corrected chi connectivity index (χ2v) is 1.94. The summed E-state index contributed by atoms with van der Waals surface area (Å²) in [5.74, 6) is 0. The Morgan fingerprint density at radius 3 is 2.36 bits per heavy atom. The fourth-order valence-electron chi connectivity index (χ4n) is 0.625. The Kier molecular flexibility index (Phi) is 1.85. The molecule has 0 aliphatic carbocycles. The molecule has 0 aliphatic rings. The fourth-order valence-corrected chi connectivity index (χ4v) is 0.625. The first-order valence-corrected chi connectivity index (χ1v) is 2.76. The van der Waals surface area contributed by atoms with Gasteiger partial charge in [-0.3, -0.25) is 0 Å². The van der Waals surface area contributed by atoms with Gasteiger partial charge in [-0.1, -0.05) is 0 Å². The molecule has 0 aromatic carbocycles. The average Bonchev–Trinajstić information content (AvgIpc) is 1.86. The molecular formula is C7H3F3N. The summed E-state index contributed by atoms with van der Waals surface area (Å²) in [6.45, 7) is 1.28. The molecule has 0 spiro atoms. The van der Waals surface area contributed by atoms with Crippen molar-refractivity contribution in [2.75, 3.05) is 0 Å². The zero-order valence-electron chi connectivity index (χ0n) is 5.58. The van der Waals surface area contributed by atoms with Gasteiger partial charge in [0.2, 0.25) is 0 Å². The van der Waals surface area contributed by atoms with Gasteiger partial charge in [-0.25, -0.2) is 4.98 Å². The van der Waals surface area contributed by atoms with Gasteiger partial charge in [-0.15, -0.1) is 0 Å². The van der Waals surface area contributed by atoms with Crippen LogP contribution in [0.4, 0.5) is 13.2 Å². The summed E-state index contributed by atoms with van der Waals surface area (Å²) in [6, 6.07) is 4.46. The van der Waals surface area contributed by atoms with E-state index in [9.17, 15) is 13.2 Å². The number of aryl methyl sites for hydroxylation is 1. The predicted octanol–water partition coefficient (Wildman–Crippen LogP) is 1.81. The van der Waals surface area contributed by atoms with Crippen molar-refractivity contribution in [2.24, 2.45) is 0 Å². The van der Waals surface area contributed by atoms with Gasteiger partial charge in [0.1, 0.15) is 5.69 Å². The molecule has 1 heterocycles. The molecule has 0 fully saturated rings. The standard InChI is InChI=1S/C7H3F3N/c1-5-3-2-4-11-6(5)7(8,9)10/h1H3. The van der Waals surface area contributed by atoms with Gasteiger partial charge in [-0.05, 0) is 18.6 Å². The van der Waals surface area contributed by atoms with E-state index in [2.05, 4.69) is 17.1 Å². The maximum Gasteiger partial charge on any atom is 0.433 e. The SMILES string of the molecule is Cc1[c][c][c]nc1C(F)(F)F. The van der Waals surface area contributed by atoms with Gasteiger partial charge in [0.15, 0.2) is 0 Å². The molecule has 0 aliphatic heterocycles. The van der Waals surface area contributed by atoms with E-state index in [-0.39, 0.29) is 5.56 Å². The van der Waals surface area contributed by atoms with Crippen LogP contribution in [0, 0.1) is 25.3 Å². The lowest BCUT2D eigenvalue weighted by atomic mass is 10.2. The second-order valence-electron chi connectivity index (χ2n) is 1.94. The Morgan fingerprint density at radius 1 is 1.36 bits per heavy atom. The third-order valence-electron chi connectivity index (χ3n) is 1.10. The van der Waals surface area contributed by atoms with Crippen LogP contribution in [0.3, 0.4) is 0 Å². The molecule has 1 aromatic rings. The van der Waals surface area contributed by atoms with E-state index < -0.39 is 11.9 Å². The van der Waals surface area contributed by atoms with E-state index >= 15 is 0 Å². The zero-order valence-corrected chi connectivity index (χ0v) is 5.58. The van der Waals surface area contributed by atoms with Crippen molar-refractivity contribution in [3.05, 3.63) is 29.6 Å². The highest BCUT2D eigenvalue weighted by Gasteiger charge is 2.33. The normalized spacial score (nSPS) is 11.6. The van der Waals surface area contributed by atoms with Crippen LogP contribution >= 0.6 is 0 Å². The van der Waals surface area contributed by atoms with E-state index in [4.69, 9.17) is 0 Å². The quantitative estimate of drug-likeness (QED) is 0.561. The van der Waals surface area contributed by atoms with Crippen molar-refractivity contribution < 1.29 is 13.2 Å². The molecule has 11 heavy (non-hydrogen) atoms. The number of hydrogen-bond donors (Lipinski definition) is 0. The van der Waals surface area contributed by atoms with Crippen molar-refractivity contribution in [3.8, 4) is 0 Å². The molecule has 3 radical (unpaired) electrons. The van der Waals surface area contributed by atoms with Crippen molar-refractivity contribution >= 4 is 0 Å². The Labute approximate surface area is 61.9 Å². The van der Waals surface area contributed by atoms with E-state index in [1.54, 1.807) is 0 Å². The van der Waals surface area contributed by atoms with E-state index in [0.717, 1.165) is 0 Å². The van der Waals surface area contributed by atoms with Crippen LogP contribution in [0.1, 0.15) is 11.3 Å². The van der Waals surface area contributed by atoms with Crippen LogP contribution in [0.25, 0.3) is 0 Å². The first-order valence-electron chi connectivity index (χ1n) is 2.76. The molecular weight excluding hydrogens is 155 g/mol. The minimum Gasteiger partial charge on any atom is -0.241 e. The fraction of sp³-hybridized carbons (Fsp3) is 0.286. The highest BCUT2D eigenvalue weighted by Crippen LogP contribution is 2.28. The van der Waals surface area contributed by atoms with E-state index in [1.165, 1.54) is 6.92 Å². The Balaban J connectivity index is 3.14. The molecule has 0 saturated carbocycles. The van der Waals surface area contributed by atoms with Gasteiger partial charge in [0.25, 0.3) is 0 Å². The Morgan fingerprint density at radius 2 is 2.00 bits per heavy atom. The van der Waals surface area contributed by atoms with Gasteiger partial charge in [0.05, 0.1) is 6.20 Å². The molecule has 1 rings (SSSR count). The minimum absolute atomic E-state index is 0.0590. The van der Waals surface area contributed by atoms with Crippen molar-refractivity contribution in [2.45, 2.75) is 13.1 Å². The number of pyridine rings is 1. The third-order valence-corrected chi connectivity index (χ3v) is 1.10. The number of halogens is 3. The highest BCUT2D eigenvalue weighted by molar-refractivity contribution is 5.17. The molecule has 0 saturated heterocycles. The van der Waals surface area contributed by atoms with Crippen LogP contribution in [-0.2, 0) is 6.18 Å². The lowest BCUT2D eigenvalue weighted by Crippen LogP contribution is -2.09. The summed E-state index contributed by atoms with van der Waals surface area (Å²) in [4.78, 5) is 3.01. The number of hydrogen-bond acceptors (Lipinski definition) is 1. The third kappa shape index (κ3) is 1.69. The maximum absolute atomic E-state index is 11.9. The molecule has 0 bridgehead atoms. The highest BCUT2D eigenvalue weighted by atomic mass is 19.4. The van der Waals surface area contributed by atoms with Crippen molar-refractivity contribution in [1.29, 1.82) is 0 Å². The summed E-state index contributed by atoms with van der Waals surface area (Å²) < 4.78 is 35.8. The average molecular weight is 158 g/mol. The molecule has 0 amide bonds. The van der Waals surface area contributed by atoms with Gasteiger partial charge in [0, 0.05) is 6.07 Å². The number of alkyl halides is 3. The van der Waals surface area contributed by atoms with Crippen LogP contribution in [-0.4, -0.2) is 4.98 Å². The summed E-state index contributed by atoms with van der Waals surface area (Å²) in [5.41, 5.74) is -1.01. The Hall–Kier alpha value is -1.06. The monoisotopic (exact) mass is 158 g/mol. The van der Waals surface area contributed by atoms with E-state index in [1.807, 2.05) is 6.20 Å². The predicted molar refractivity (Wildman–Crippen MR) is 30.5 cm³/mol. The molecule has 4 heteroatoms. The van der Waals surface area contributed by atoms with E-state index in [0.29, 0.717) is 0 Å². The maximum atomic E-state index is 11.9. The molecule has 0 N–H and O–H groups in total. The van der Waals surface area contributed by atoms with Crippen molar-refractivity contribution in [1.82, 2.24) is 4.98 Å². The Bertz CT molecular complexity index is 254. The summed E-state index contributed by atoms with van der Waals surface area (Å²) >= 11 is 0. The van der Waals surface area contributed by atoms with Gasteiger partial charge >= 0.3 is 6.18 Å². The van der Waals surface area contributed by atoms with Gasteiger partial charge < -0.3 is 0 Å². The molecule has 1 nitrogen and oxygen atoms in total. The zero-order chi connectivity index (χ0) is 8.48. The first kappa shape index (κ1) is 8.04. The molecule has 0 atom stereocenters. The smallest absolute Gasteiger partial charge is 0.241 e. The number of rotatable bonds is 0. The minimum atomic E-state index is -4.41. The van der Waals surface area contributed by atoms with Gasteiger partial charge in [-0.2, -0.15) is 13.2 Å². The largest absolute Gasteiger partial charge is 0.433 e. The van der Waals surface area contributed by atoms with Crippen LogP contribution in [0.5, 0.6) is 0 Å². The number of aromatic nitrogens is 1. The summed E-state index contributed by atoms with van der Waals surface area (Å²) in [6.07, 6.45) is -2.45. The molecule has 57 valence electrons. The van der Waals surface area contributed by atoms with Crippen LogP contribution in [0.15, 0.2) is 0 Å². The summed E-state index contributed by atoms with van der Waals surface area (Å²) in [7, 11) is 0. The topological polar surface area (TPSA) is 12.9 Å². The van der Waals surface area contributed by atoms with Crippen LogP contribution < -0.4 is 0 Å². The first-order chi connectivity index (χ1) is 5.02. The molecule has 1 aromatic heterocycles. The lowest BCUT2D eigenvalue weighted by molar-refractivity contribution is -0.141.